The van der Waals surface area contributed by atoms with Gasteiger partial charge < -0.3 is 4.90 Å². The van der Waals surface area contributed by atoms with Gasteiger partial charge in [0.15, 0.2) is 0 Å². The van der Waals surface area contributed by atoms with Gasteiger partial charge in [-0.05, 0) is 106 Å². The van der Waals surface area contributed by atoms with Crippen LogP contribution in [0.25, 0.3) is 39.0 Å². The summed E-state index contributed by atoms with van der Waals surface area (Å²) in [6, 6.07) is 55.0. The summed E-state index contributed by atoms with van der Waals surface area (Å²) in [4.78, 5) is 2.39. The van der Waals surface area contributed by atoms with Crippen LogP contribution in [-0.2, 0) is 5.41 Å². The lowest BCUT2D eigenvalue weighted by Crippen LogP contribution is -2.17. The number of anilines is 3. The van der Waals surface area contributed by atoms with Gasteiger partial charge in [0.05, 0.1) is 0 Å². The van der Waals surface area contributed by atoms with Crippen LogP contribution >= 0.6 is 0 Å². The van der Waals surface area contributed by atoms with Crippen LogP contribution in [0.2, 0.25) is 0 Å². The number of benzene rings is 6. The molecule has 0 saturated carbocycles. The lowest BCUT2D eigenvalue weighted by Gasteiger charge is -2.29. The predicted octanol–water partition coefficient (Wildman–Crippen LogP) is 12.2. The molecule has 44 heavy (non-hydrogen) atoms. The summed E-state index contributed by atoms with van der Waals surface area (Å²) in [6.07, 6.45) is 3.52. The van der Waals surface area contributed by atoms with Gasteiger partial charge in [-0.1, -0.05) is 129 Å². The highest BCUT2D eigenvalue weighted by Crippen LogP contribution is 2.46. The highest BCUT2D eigenvalue weighted by atomic mass is 15.1. The molecule has 1 nitrogen and oxygen atoms in total. The highest BCUT2D eigenvalue weighted by molar-refractivity contribution is 5.84. The van der Waals surface area contributed by atoms with E-state index in [0.717, 1.165) is 17.8 Å². The number of hydrogen-bond donors (Lipinski definition) is 0. The molecule has 1 atom stereocenters. The Balaban J connectivity index is 1.29. The Morgan fingerprint density at radius 2 is 0.932 bits per heavy atom. The van der Waals surface area contributed by atoms with E-state index in [4.69, 9.17) is 0 Å². The maximum absolute atomic E-state index is 2.44. The van der Waals surface area contributed by atoms with E-state index in [1.165, 1.54) is 55.8 Å². The van der Waals surface area contributed by atoms with Crippen molar-refractivity contribution in [2.24, 2.45) is 0 Å². The first-order valence-corrected chi connectivity index (χ1v) is 15.6. The van der Waals surface area contributed by atoms with E-state index in [0.29, 0.717) is 0 Å². The molecule has 0 fully saturated rings. The molecular formula is C43H37N. The van der Waals surface area contributed by atoms with Crippen molar-refractivity contribution >= 4 is 22.6 Å². The molecule has 7 rings (SSSR count). The van der Waals surface area contributed by atoms with Crippen molar-refractivity contribution < 1.29 is 0 Å². The first kappa shape index (κ1) is 27.7. The molecule has 6 aromatic rings. The van der Waals surface area contributed by atoms with E-state index in [-0.39, 0.29) is 5.41 Å². The molecular weight excluding hydrogens is 530 g/mol. The van der Waals surface area contributed by atoms with Crippen LogP contribution < -0.4 is 4.90 Å². The second kappa shape index (κ2) is 11.5. The van der Waals surface area contributed by atoms with Crippen molar-refractivity contribution in [3.8, 4) is 33.4 Å². The first-order chi connectivity index (χ1) is 21.5. The van der Waals surface area contributed by atoms with Crippen molar-refractivity contribution in [2.45, 2.75) is 32.6 Å². The van der Waals surface area contributed by atoms with Crippen molar-refractivity contribution in [3.05, 3.63) is 169 Å². The fraction of sp³-hybridized carbons (Fsp3) is 0.116. The third-order valence-corrected chi connectivity index (χ3v) is 9.23. The summed E-state index contributed by atoms with van der Waals surface area (Å²) in [5.74, 6) is 0. The summed E-state index contributed by atoms with van der Waals surface area (Å²) >= 11 is 0. The van der Waals surface area contributed by atoms with Crippen molar-refractivity contribution in [1.82, 2.24) is 0 Å². The van der Waals surface area contributed by atoms with Gasteiger partial charge >= 0.3 is 0 Å². The Labute approximate surface area is 261 Å². The number of allylic oxidation sites excluding steroid dienone is 2. The SMILES string of the molecule is CCC1(C)C=C(C)c2ccc(N(c3ccc(-c4ccccc4)cc3)c3ccc(-c4cccc(-c5ccccc5)c4)cc3)cc21. The van der Waals surface area contributed by atoms with E-state index in [9.17, 15) is 0 Å². The molecule has 0 heterocycles. The van der Waals surface area contributed by atoms with Gasteiger partial charge in [-0.15, -0.1) is 0 Å². The average Bonchev–Trinajstić information content (AvgIpc) is 3.35. The molecule has 0 N–H and O–H groups in total. The van der Waals surface area contributed by atoms with Gasteiger partial charge in [0.25, 0.3) is 0 Å². The van der Waals surface area contributed by atoms with Crippen LogP contribution in [0.4, 0.5) is 17.1 Å². The van der Waals surface area contributed by atoms with Crippen molar-refractivity contribution in [3.63, 3.8) is 0 Å². The topological polar surface area (TPSA) is 3.24 Å². The van der Waals surface area contributed by atoms with Crippen LogP contribution in [-0.4, -0.2) is 0 Å². The molecule has 214 valence electrons. The summed E-state index contributed by atoms with van der Waals surface area (Å²) in [5, 5.41) is 0. The van der Waals surface area contributed by atoms with Gasteiger partial charge in [-0.3, -0.25) is 0 Å². The first-order valence-electron chi connectivity index (χ1n) is 15.6. The Bertz CT molecular complexity index is 1930. The van der Waals surface area contributed by atoms with Gasteiger partial charge in [0.2, 0.25) is 0 Å². The second-order valence-electron chi connectivity index (χ2n) is 12.1. The zero-order chi connectivity index (χ0) is 30.1. The number of fused-ring (bicyclic) bond motifs is 1. The molecule has 0 bridgehead atoms. The quantitative estimate of drug-likeness (QED) is 0.185. The fourth-order valence-corrected chi connectivity index (χ4v) is 6.61. The largest absolute Gasteiger partial charge is 0.310 e. The maximum atomic E-state index is 2.44. The molecule has 0 aliphatic heterocycles. The predicted molar refractivity (Wildman–Crippen MR) is 189 cm³/mol. The van der Waals surface area contributed by atoms with Crippen LogP contribution in [0.5, 0.6) is 0 Å². The number of nitrogens with zero attached hydrogens (tertiary/aromatic N) is 1. The normalized spacial score (nSPS) is 15.5. The third kappa shape index (κ3) is 5.16. The summed E-state index contributed by atoms with van der Waals surface area (Å²) in [7, 11) is 0. The minimum Gasteiger partial charge on any atom is -0.310 e. The van der Waals surface area contributed by atoms with E-state index in [2.05, 4.69) is 183 Å². The van der Waals surface area contributed by atoms with Gasteiger partial charge in [0, 0.05) is 22.5 Å². The fourth-order valence-electron chi connectivity index (χ4n) is 6.61. The Morgan fingerprint density at radius 3 is 1.48 bits per heavy atom. The molecule has 6 aromatic carbocycles. The third-order valence-electron chi connectivity index (χ3n) is 9.23. The molecule has 1 heteroatoms. The standard InChI is InChI=1S/C43H37N/c1-4-43(3)30-31(2)41-27-26-40(29-42(41)43)44(38-22-18-34(19-23-38)32-12-7-5-8-13-32)39-24-20-35(21-25-39)37-17-11-16-36(28-37)33-14-9-6-10-15-33/h5-30H,4H2,1-3H3. The van der Waals surface area contributed by atoms with Gasteiger partial charge in [-0.25, -0.2) is 0 Å². The van der Waals surface area contributed by atoms with E-state index >= 15 is 0 Å². The highest BCUT2D eigenvalue weighted by Gasteiger charge is 2.31. The molecule has 0 amide bonds. The maximum Gasteiger partial charge on any atom is 0.0465 e. The average molecular weight is 568 g/mol. The monoisotopic (exact) mass is 567 g/mol. The molecule has 1 aliphatic carbocycles. The van der Waals surface area contributed by atoms with Crippen LogP contribution in [0, 0.1) is 0 Å². The van der Waals surface area contributed by atoms with Crippen molar-refractivity contribution in [2.75, 3.05) is 4.90 Å². The Kier molecular flexibility index (Phi) is 7.24. The van der Waals surface area contributed by atoms with E-state index in [1.54, 1.807) is 0 Å². The molecule has 0 radical (unpaired) electrons. The lowest BCUT2D eigenvalue weighted by atomic mass is 9.82. The van der Waals surface area contributed by atoms with Crippen LogP contribution in [0.1, 0.15) is 38.3 Å². The molecule has 1 unspecified atom stereocenters. The summed E-state index contributed by atoms with van der Waals surface area (Å²) in [6.45, 7) is 6.89. The zero-order valence-corrected chi connectivity index (χ0v) is 25.7. The van der Waals surface area contributed by atoms with Crippen LogP contribution in [0.3, 0.4) is 0 Å². The molecule has 0 saturated heterocycles. The minimum atomic E-state index is 0.0475. The van der Waals surface area contributed by atoms with E-state index < -0.39 is 0 Å². The zero-order valence-electron chi connectivity index (χ0n) is 25.7. The molecule has 0 spiro atoms. The van der Waals surface area contributed by atoms with Gasteiger partial charge in [-0.2, -0.15) is 0 Å². The smallest absolute Gasteiger partial charge is 0.0465 e. The van der Waals surface area contributed by atoms with Crippen LogP contribution in [0.15, 0.2) is 158 Å². The van der Waals surface area contributed by atoms with E-state index in [1.807, 2.05) is 0 Å². The number of hydrogen-bond acceptors (Lipinski definition) is 1. The Hall–Kier alpha value is -5.14. The molecule has 1 aliphatic rings. The second-order valence-corrected chi connectivity index (χ2v) is 12.1. The Morgan fingerprint density at radius 1 is 0.477 bits per heavy atom. The summed E-state index contributed by atoms with van der Waals surface area (Å²) in [5.41, 5.74) is 15.0. The van der Waals surface area contributed by atoms with Crippen molar-refractivity contribution in [1.29, 1.82) is 0 Å². The number of rotatable bonds is 7. The summed E-state index contributed by atoms with van der Waals surface area (Å²) < 4.78 is 0. The van der Waals surface area contributed by atoms with Gasteiger partial charge in [0.1, 0.15) is 0 Å². The molecule has 0 aromatic heterocycles. The minimum absolute atomic E-state index is 0.0475. The lowest BCUT2D eigenvalue weighted by molar-refractivity contribution is 0.582.